The molecular formula is C25H24FN3O6S. The van der Waals surface area contributed by atoms with Crippen LogP contribution in [0.1, 0.15) is 11.1 Å². The molecule has 4 rings (SSSR count). The number of amides is 3. The molecule has 11 heteroatoms. The van der Waals surface area contributed by atoms with Crippen LogP contribution >= 0.6 is 0 Å². The molecule has 3 aromatic rings. The Morgan fingerprint density at radius 1 is 1.03 bits per heavy atom. The van der Waals surface area contributed by atoms with Crippen molar-refractivity contribution in [2.24, 2.45) is 0 Å². The number of halogens is 1. The first-order chi connectivity index (χ1) is 17.2. The van der Waals surface area contributed by atoms with Gasteiger partial charge in [-0.05, 0) is 42.8 Å². The molecule has 0 saturated carbocycles. The van der Waals surface area contributed by atoms with Crippen molar-refractivity contribution in [2.75, 3.05) is 30.0 Å². The number of hydrogen-bond donors (Lipinski definition) is 1. The van der Waals surface area contributed by atoms with Crippen LogP contribution in [0.4, 0.5) is 20.6 Å². The van der Waals surface area contributed by atoms with Gasteiger partial charge in [-0.2, -0.15) is 4.31 Å². The number of sulfonamides is 1. The second-order valence-electron chi connectivity index (χ2n) is 7.97. The predicted octanol–water partition coefficient (Wildman–Crippen LogP) is 3.60. The average molecular weight is 514 g/mol. The molecule has 3 aromatic carbocycles. The van der Waals surface area contributed by atoms with Gasteiger partial charge in [-0.3, -0.25) is 9.69 Å². The molecule has 0 radical (unpaired) electrons. The van der Waals surface area contributed by atoms with Crippen LogP contribution in [-0.4, -0.2) is 41.1 Å². The fraction of sp³-hybridized carbons (Fsp3) is 0.200. The van der Waals surface area contributed by atoms with Crippen LogP contribution in [0.15, 0.2) is 65.6 Å². The van der Waals surface area contributed by atoms with Gasteiger partial charge in [0.05, 0.1) is 25.6 Å². The fourth-order valence-corrected chi connectivity index (χ4v) is 5.49. The van der Waals surface area contributed by atoms with E-state index in [-0.39, 0.29) is 22.8 Å². The summed E-state index contributed by atoms with van der Waals surface area (Å²) in [6.07, 6.45) is 0. The van der Waals surface area contributed by atoms with E-state index in [0.717, 1.165) is 11.0 Å². The summed E-state index contributed by atoms with van der Waals surface area (Å²) in [4.78, 5) is 27.2. The number of hydrogen-bond acceptors (Lipinski definition) is 6. The minimum Gasteiger partial charge on any atom is -0.493 e. The zero-order valence-corrected chi connectivity index (χ0v) is 20.6. The molecule has 0 aromatic heterocycles. The van der Waals surface area contributed by atoms with E-state index < -0.39 is 34.3 Å². The summed E-state index contributed by atoms with van der Waals surface area (Å²) in [7, 11) is -1.36. The molecular weight excluding hydrogens is 489 g/mol. The molecule has 0 saturated heterocycles. The van der Waals surface area contributed by atoms with Crippen LogP contribution in [0.5, 0.6) is 11.5 Å². The predicted molar refractivity (Wildman–Crippen MR) is 131 cm³/mol. The topological polar surface area (TPSA) is 105 Å². The quantitative estimate of drug-likeness (QED) is 0.518. The molecule has 0 fully saturated rings. The summed E-state index contributed by atoms with van der Waals surface area (Å²) in [5.74, 6) is -0.253. The standard InChI is InChI=1S/C25H24FN3O6S/c1-16-11-12-18(13-19(16)26)29-25(31)28(20-8-4-5-10-22(20)36(29,32)33)15-23(30)27-14-17-7-6-9-21(34-2)24(17)35-3/h4-13H,14-15H2,1-3H3,(H,27,30). The van der Waals surface area contributed by atoms with Crippen molar-refractivity contribution < 1.29 is 31.9 Å². The van der Waals surface area contributed by atoms with Crippen molar-refractivity contribution in [1.29, 1.82) is 0 Å². The number of fused-ring (bicyclic) bond motifs is 1. The molecule has 1 aliphatic rings. The first-order valence-corrected chi connectivity index (χ1v) is 12.3. The maximum absolute atomic E-state index is 14.3. The zero-order chi connectivity index (χ0) is 26.0. The van der Waals surface area contributed by atoms with Crippen LogP contribution in [0.3, 0.4) is 0 Å². The molecule has 188 valence electrons. The number of benzene rings is 3. The molecule has 0 unspecified atom stereocenters. The van der Waals surface area contributed by atoms with Crippen molar-refractivity contribution in [3.8, 4) is 11.5 Å². The maximum atomic E-state index is 14.3. The molecule has 1 aliphatic heterocycles. The van der Waals surface area contributed by atoms with E-state index >= 15 is 0 Å². The largest absolute Gasteiger partial charge is 0.493 e. The Morgan fingerprint density at radius 2 is 1.78 bits per heavy atom. The third-order valence-electron chi connectivity index (χ3n) is 5.73. The van der Waals surface area contributed by atoms with Gasteiger partial charge < -0.3 is 14.8 Å². The number of rotatable bonds is 7. The summed E-state index contributed by atoms with van der Waals surface area (Å²) in [6.45, 7) is 1.13. The summed E-state index contributed by atoms with van der Waals surface area (Å²) in [6, 6.07) is 13.8. The fourth-order valence-electron chi connectivity index (χ4n) is 3.91. The van der Waals surface area contributed by atoms with Crippen molar-refractivity contribution in [3.05, 3.63) is 77.6 Å². The SMILES string of the molecule is COc1cccc(CNC(=O)CN2C(=O)N(c3ccc(C)c(F)c3)S(=O)(=O)c3ccccc32)c1OC. The number of anilines is 2. The zero-order valence-electron chi connectivity index (χ0n) is 19.8. The number of methoxy groups -OCH3 is 2. The van der Waals surface area contributed by atoms with E-state index in [0.29, 0.717) is 26.9 Å². The minimum absolute atomic E-state index is 0.0560. The number of para-hydroxylation sites is 2. The number of ether oxygens (including phenoxy) is 2. The van der Waals surface area contributed by atoms with Crippen LogP contribution in [0.25, 0.3) is 0 Å². The minimum atomic E-state index is -4.34. The van der Waals surface area contributed by atoms with Gasteiger partial charge in [0.15, 0.2) is 11.5 Å². The van der Waals surface area contributed by atoms with Gasteiger partial charge in [-0.1, -0.05) is 30.3 Å². The molecule has 3 amide bonds. The number of nitrogens with one attached hydrogen (secondary N) is 1. The van der Waals surface area contributed by atoms with E-state index in [9.17, 15) is 22.4 Å². The lowest BCUT2D eigenvalue weighted by Gasteiger charge is -2.35. The first kappa shape index (κ1) is 25.0. The number of nitrogens with zero attached hydrogens (tertiary/aromatic N) is 2. The lowest BCUT2D eigenvalue weighted by Crippen LogP contribution is -2.53. The van der Waals surface area contributed by atoms with Gasteiger partial charge in [0, 0.05) is 12.1 Å². The summed E-state index contributed by atoms with van der Waals surface area (Å²) in [5, 5.41) is 2.72. The highest BCUT2D eigenvalue weighted by Crippen LogP contribution is 2.37. The Hall–Kier alpha value is -4.12. The van der Waals surface area contributed by atoms with Gasteiger partial charge in [0.25, 0.3) is 10.0 Å². The Bertz CT molecular complexity index is 1440. The van der Waals surface area contributed by atoms with Gasteiger partial charge in [-0.25, -0.2) is 17.6 Å². The first-order valence-electron chi connectivity index (χ1n) is 10.9. The smallest absolute Gasteiger partial charge is 0.343 e. The van der Waals surface area contributed by atoms with Crippen LogP contribution < -0.4 is 24.0 Å². The van der Waals surface area contributed by atoms with Crippen LogP contribution in [-0.2, 0) is 21.4 Å². The lowest BCUT2D eigenvalue weighted by molar-refractivity contribution is -0.119. The maximum Gasteiger partial charge on any atom is 0.343 e. The van der Waals surface area contributed by atoms with E-state index in [1.165, 1.54) is 51.5 Å². The van der Waals surface area contributed by atoms with Crippen molar-refractivity contribution in [2.45, 2.75) is 18.4 Å². The summed E-state index contributed by atoms with van der Waals surface area (Å²) < 4.78 is 52.0. The van der Waals surface area contributed by atoms with Gasteiger partial charge in [0.2, 0.25) is 5.91 Å². The Balaban J connectivity index is 1.64. The Labute approximate surface area is 208 Å². The molecule has 0 bridgehead atoms. The van der Waals surface area contributed by atoms with E-state index in [1.54, 1.807) is 24.3 Å². The van der Waals surface area contributed by atoms with Crippen molar-refractivity contribution in [3.63, 3.8) is 0 Å². The summed E-state index contributed by atoms with van der Waals surface area (Å²) >= 11 is 0. The second kappa shape index (κ2) is 9.86. The van der Waals surface area contributed by atoms with Crippen molar-refractivity contribution in [1.82, 2.24) is 5.32 Å². The molecule has 9 nitrogen and oxygen atoms in total. The van der Waals surface area contributed by atoms with Gasteiger partial charge in [-0.15, -0.1) is 0 Å². The highest BCUT2D eigenvalue weighted by molar-refractivity contribution is 7.94. The third-order valence-corrected chi connectivity index (χ3v) is 7.48. The van der Waals surface area contributed by atoms with Gasteiger partial charge >= 0.3 is 6.03 Å². The lowest BCUT2D eigenvalue weighted by atomic mass is 10.2. The van der Waals surface area contributed by atoms with E-state index in [2.05, 4.69) is 5.32 Å². The Kier molecular flexibility index (Phi) is 6.84. The van der Waals surface area contributed by atoms with Crippen LogP contribution in [0.2, 0.25) is 0 Å². The Morgan fingerprint density at radius 3 is 2.47 bits per heavy atom. The number of carbonyl (C=O) groups excluding carboxylic acids is 2. The monoisotopic (exact) mass is 513 g/mol. The molecule has 36 heavy (non-hydrogen) atoms. The highest BCUT2D eigenvalue weighted by Gasteiger charge is 2.43. The normalized spacial score (nSPS) is 14.3. The number of carbonyl (C=O) groups is 2. The number of aryl methyl sites for hydroxylation is 1. The molecule has 0 spiro atoms. The second-order valence-corrected chi connectivity index (χ2v) is 9.72. The van der Waals surface area contributed by atoms with Gasteiger partial charge in [0.1, 0.15) is 17.3 Å². The van der Waals surface area contributed by atoms with Crippen LogP contribution in [0, 0.1) is 12.7 Å². The van der Waals surface area contributed by atoms with Crippen molar-refractivity contribution >= 4 is 33.3 Å². The molecule has 0 atom stereocenters. The molecule has 1 N–H and O–H groups in total. The summed E-state index contributed by atoms with van der Waals surface area (Å²) in [5.41, 5.74) is 0.838. The highest BCUT2D eigenvalue weighted by atomic mass is 32.2. The number of urea groups is 1. The van der Waals surface area contributed by atoms with E-state index in [4.69, 9.17) is 9.47 Å². The average Bonchev–Trinajstić information content (AvgIpc) is 2.87. The third kappa shape index (κ3) is 4.44. The molecule has 1 heterocycles. The van der Waals surface area contributed by atoms with E-state index in [1.807, 2.05) is 0 Å². The molecule has 0 aliphatic carbocycles.